The molecule has 0 fully saturated rings. The lowest BCUT2D eigenvalue weighted by Crippen LogP contribution is -1.96. The number of nitrogens with zero attached hydrogens (tertiary/aromatic N) is 4. The number of thiophene rings is 1. The highest BCUT2D eigenvalue weighted by Gasteiger charge is 2.15. The maximum absolute atomic E-state index is 4.72. The maximum Gasteiger partial charge on any atom is 0.198 e. The molecule has 0 bridgehead atoms. The predicted octanol–water partition coefficient (Wildman–Crippen LogP) is 4.35. The molecule has 0 N–H and O–H groups in total. The fourth-order valence-electron chi connectivity index (χ4n) is 2.26. The Kier molecular flexibility index (Phi) is 3.77. The van der Waals surface area contributed by atoms with E-state index in [0.717, 1.165) is 31.9 Å². The van der Waals surface area contributed by atoms with Crippen molar-refractivity contribution in [2.75, 3.05) is 6.26 Å². The molecular formula is C15H12N4S3. The highest BCUT2D eigenvalue weighted by molar-refractivity contribution is 7.99. The molecule has 0 atom stereocenters. The largest absolute Gasteiger partial charge is 0.248 e. The topological polar surface area (TPSA) is 43.1 Å². The molecule has 3 aromatic heterocycles. The van der Waals surface area contributed by atoms with E-state index in [4.69, 9.17) is 4.98 Å². The van der Waals surface area contributed by atoms with Gasteiger partial charge in [-0.15, -0.1) is 21.5 Å². The van der Waals surface area contributed by atoms with Gasteiger partial charge in [-0.25, -0.2) is 9.38 Å². The van der Waals surface area contributed by atoms with Crippen LogP contribution in [0.5, 0.6) is 0 Å². The van der Waals surface area contributed by atoms with Gasteiger partial charge in [0.25, 0.3) is 0 Å². The molecule has 0 amide bonds. The van der Waals surface area contributed by atoms with Gasteiger partial charge in [0, 0.05) is 5.75 Å². The summed E-state index contributed by atoms with van der Waals surface area (Å²) in [5.41, 5.74) is 2.17. The molecule has 4 rings (SSSR count). The molecule has 3 heterocycles. The van der Waals surface area contributed by atoms with E-state index in [0.29, 0.717) is 0 Å². The van der Waals surface area contributed by atoms with Gasteiger partial charge < -0.3 is 0 Å². The fraction of sp³-hybridized carbons (Fsp3) is 0.133. The standard InChI is InChI=1S/C15H12N4S3/c1-20-14-16-13-11(7-8-21-13)12-17-18-15(19(12)14)22-9-10-5-3-2-4-6-10/h2-8H,9H2,1H3. The second-order valence-electron chi connectivity index (χ2n) is 4.65. The average Bonchev–Trinajstić information content (AvgIpc) is 3.19. The summed E-state index contributed by atoms with van der Waals surface area (Å²) in [5, 5.41) is 13.7. The Morgan fingerprint density at radius 1 is 1.09 bits per heavy atom. The lowest BCUT2D eigenvalue weighted by Gasteiger charge is -2.05. The van der Waals surface area contributed by atoms with Crippen LogP contribution in [0.1, 0.15) is 5.56 Å². The number of aromatic nitrogens is 4. The summed E-state index contributed by atoms with van der Waals surface area (Å²) >= 11 is 4.95. The van der Waals surface area contributed by atoms with Gasteiger partial charge in [0.05, 0.1) is 5.39 Å². The first-order valence-electron chi connectivity index (χ1n) is 6.70. The first-order valence-corrected chi connectivity index (χ1v) is 9.79. The quantitative estimate of drug-likeness (QED) is 0.407. The van der Waals surface area contributed by atoms with Gasteiger partial charge in [0.1, 0.15) is 4.83 Å². The zero-order valence-corrected chi connectivity index (χ0v) is 14.2. The first-order chi connectivity index (χ1) is 10.9. The third kappa shape index (κ3) is 2.39. The SMILES string of the molecule is CSc1nc2sccc2c2nnc(SCc3ccccc3)n12. The van der Waals surface area contributed by atoms with Crippen molar-refractivity contribution in [3.63, 3.8) is 0 Å². The van der Waals surface area contributed by atoms with Gasteiger partial charge >= 0.3 is 0 Å². The van der Waals surface area contributed by atoms with E-state index in [1.54, 1.807) is 34.9 Å². The third-order valence-electron chi connectivity index (χ3n) is 3.30. The molecule has 0 aliphatic heterocycles. The number of rotatable bonds is 4. The van der Waals surface area contributed by atoms with E-state index in [-0.39, 0.29) is 0 Å². The third-order valence-corrected chi connectivity index (χ3v) is 5.75. The van der Waals surface area contributed by atoms with Crippen LogP contribution in [0.4, 0.5) is 0 Å². The number of thioether (sulfide) groups is 2. The van der Waals surface area contributed by atoms with Crippen molar-refractivity contribution >= 4 is 50.7 Å². The second-order valence-corrected chi connectivity index (χ2v) is 7.26. The molecule has 4 aromatic rings. The Labute approximate surface area is 140 Å². The van der Waals surface area contributed by atoms with Crippen LogP contribution >= 0.6 is 34.9 Å². The number of hydrogen-bond donors (Lipinski definition) is 0. The minimum absolute atomic E-state index is 0.872. The molecule has 22 heavy (non-hydrogen) atoms. The predicted molar refractivity (Wildman–Crippen MR) is 93.9 cm³/mol. The Bertz CT molecular complexity index is 930. The van der Waals surface area contributed by atoms with Gasteiger partial charge in [-0.2, -0.15) is 0 Å². The smallest absolute Gasteiger partial charge is 0.198 e. The molecule has 110 valence electrons. The van der Waals surface area contributed by atoms with Crippen molar-refractivity contribution in [3.05, 3.63) is 47.3 Å². The zero-order chi connectivity index (χ0) is 14.9. The van der Waals surface area contributed by atoms with Gasteiger partial charge in [0.15, 0.2) is 16.0 Å². The van der Waals surface area contributed by atoms with Crippen molar-refractivity contribution in [2.24, 2.45) is 0 Å². The van der Waals surface area contributed by atoms with E-state index in [2.05, 4.69) is 44.9 Å². The van der Waals surface area contributed by atoms with Crippen LogP contribution in [0.25, 0.3) is 15.9 Å². The summed E-state index contributed by atoms with van der Waals surface area (Å²) in [6, 6.07) is 12.5. The first kappa shape index (κ1) is 14.0. The number of fused-ring (bicyclic) bond motifs is 3. The van der Waals surface area contributed by atoms with E-state index in [9.17, 15) is 0 Å². The summed E-state index contributed by atoms with van der Waals surface area (Å²) in [4.78, 5) is 5.74. The summed E-state index contributed by atoms with van der Waals surface area (Å²) in [6.07, 6.45) is 2.03. The molecule has 0 saturated carbocycles. The van der Waals surface area contributed by atoms with Crippen molar-refractivity contribution in [1.82, 2.24) is 19.6 Å². The summed E-state index contributed by atoms with van der Waals surface area (Å²) in [7, 11) is 0. The van der Waals surface area contributed by atoms with Crippen LogP contribution in [-0.4, -0.2) is 25.8 Å². The number of benzene rings is 1. The fourth-order valence-corrected chi connectivity index (χ4v) is 4.57. The van der Waals surface area contributed by atoms with Crippen LogP contribution in [0.15, 0.2) is 52.1 Å². The molecule has 0 saturated heterocycles. The number of hydrogen-bond acceptors (Lipinski definition) is 6. The molecule has 0 spiro atoms. The summed E-state index contributed by atoms with van der Waals surface area (Å²) in [6.45, 7) is 0. The molecule has 1 aromatic carbocycles. The monoisotopic (exact) mass is 344 g/mol. The molecule has 0 radical (unpaired) electrons. The van der Waals surface area contributed by atoms with Crippen molar-refractivity contribution < 1.29 is 0 Å². The van der Waals surface area contributed by atoms with Gasteiger partial charge in [-0.05, 0) is 23.3 Å². The Balaban J connectivity index is 1.78. The van der Waals surface area contributed by atoms with E-state index < -0.39 is 0 Å². The van der Waals surface area contributed by atoms with E-state index in [1.807, 2.05) is 17.7 Å². The highest BCUT2D eigenvalue weighted by atomic mass is 32.2. The van der Waals surface area contributed by atoms with Crippen molar-refractivity contribution in [3.8, 4) is 0 Å². The average molecular weight is 344 g/mol. The minimum atomic E-state index is 0.872. The van der Waals surface area contributed by atoms with Crippen molar-refractivity contribution in [1.29, 1.82) is 0 Å². The highest BCUT2D eigenvalue weighted by Crippen LogP contribution is 2.30. The summed E-state index contributed by atoms with van der Waals surface area (Å²) in [5.74, 6) is 0.872. The van der Waals surface area contributed by atoms with Crippen molar-refractivity contribution in [2.45, 2.75) is 16.1 Å². The van der Waals surface area contributed by atoms with E-state index in [1.165, 1.54) is 5.56 Å². The molecule has 0 aliphatic carbocycles. The van der Waals surface area contributed by atoms with Crippen LogP contribution in [0, 0.1) is 0 Å². The zero-order valence-electron chi connectivity index (χ0n) is 11.8. The lowest BCUT2D eigenvalue weighted by molar-refractivity contribution is 0.818. The second kappa shape index (κ2) is 5.91. The van der Waals surface area contributed by atoms with Crippen LogP contribution in [-0.2, 0) is 5.75 Å². The normalized spacial score (nSPS) is 11.5. The summed E-state index contributed by atoms with van der Waals surface area (Å²) < 4.78 is 2.06. The molecule has 0 aliphatic rings. The van der Waals surface area contributed by atoms with Gasteiger partial charge in [0.2, 0.25) is 0 Å². The van der Waals surface area contributed by atoms with Gasteiger partial charge in [-0.3, -0.25) is 0 Å². The molecule has 7 heteroatoms. The minimum Gasteiger partial charge on any atom is -0.248 e. The lowest BCUT2D eigenvalue weighted by atomic mass is 10.2. The Hall–Kier alpha value is -1.57. The van der Waals surface area contributed by atoms with Gasteiger partial charge in [-0.1, -0.05) is 53.9 Å². The van der Waals surface area contributed by atoms with Crippen LogP contribution < -0.4 is 0 Å². The molecular weight excluding hydrogens is 332 g/mol. The molecule has 0 unspecified atom stereocenters. The Morgan fingerprint density at radius 2 is 1.95 bits per heavy atom. The molecule has 4 nitrogen and oxygen atoms in total. The van der Waals surface area contributed by atoms with Crippen LogP contribution in [0.3, 0.4) is 0 Å². The van der Waals surface area contributed by atoms with Crippen LogP contribution in [0.2, 0.25) is 0 Å². The van der Waals surface area contributed by atoms with E-state index >= 15 is 0 Å². The Morgan fingerprint density at radius 3 is 2.77 bits per heavy atom. The maximum atomic E-state index is 4.72.